The van der Waals surface area contributed by atoms with E-state index in [-0.39, 0.29) is 12.2 Å². The molecular weight excluding hydrogens is 437 g/mol. The number of hydrogen-bond donors (Lipinski definition) is 1. The predicted octanol–water partition coefficient (Wildman–Crippen LogP) is 3.18. The SMILES string of the molecule is N#CC1C#Cc2ncn(-c3ncc4[nH]c(=O)n(Cc5c(Cl)cccc5Cl)c4n3)c2C=C1. The van der Waals surface area contributed by atoms with Gasteiger partial charge in [0, 0.05) is 15.6 Å². The maximum atomic E-state index is 12.6. The van der Waals surface area contributed by atoms with Gasteiger partial charge in [-0.3, -0.25) is 9.13 Å². The number of halogens is 2. The Hall–Kier alpha value is -3.85. The van der Waals surface area contributed by atoms with Gasteiger partial charge in [0.05, 0.1) is 24.5 Å². The molecule has 1 aliphatic rings. The minimum atomic E-state index is -0.513. The minimum Gasteiger partial charge on any atom is -0.303 e. The minimum absolute atomic E-state index is 0.144. The average Bonchev–Trinajstić information content (AvgIpc) is 3.23. The van der Waals surface area contributed by atoms with Gasteiger partial charge in [0.2, 0.25) is 5.95 Å². The third kappa shape index (κ3) is 3.28. The highest BCUT2D eigenvalue weighted by molar-refractivity contribution is 6.36. The van der Waals surface area contributed by atoms with Crippen LogP contribution in [0.3, 0.4) is 0 Å². The van der Waals surface area contributed by atoms with Gasteiger partial charge >= 0.3 is 5.69 Å². The molecule has 0 saturated heterocycles. The van der Waals surface area contributed by atoms with Crippen LogP contribution in [0.2, 0.25) is 10.0 Å². The van der Waals surface area contributed by atoms with E-state index in [0.717, 1.165) is 0 Å². The maximum Gasteiger partial charge on any atom is 0.328 e. The summed E-state index contributed by atoms with van der Waals surface area (Å²) >= 11 is 12.6. The van der Waals surface area contributed by atoms with E-state index in [4.69, 9.17) is 28.5 Å². The molecule has 3 aromatic heterocycles. The second kappa shape index (κ2) is 7.44. The molecule has 150 valence electrons. The first-order chi connectivity index (χ1) is 15.0. The summed E-state index contributed by atoms with van der Waals surface area (Å²) in [6.45, 7) is 0.144. The fraction of sp³-hybridized carbons (Fsp3) is 0.0952. The molecule has 0 aliphatic heterocycles. The zero-order valence-corrected chi connectivity index (χ0v) is 17.2. The highest BCUT2D eigenvalue weighted by atomic mass is 35.5. The van der Waals surface area contributed by atoms with Gasteiger partial charge in [-0.2, -0.15) is 10.2 Å². The van der Waals surface area contributed by atoms with Gasteiger partial charge < -0.3 is 4.98 Å². The highest BCUT2D eigenvalue weighted by Gasteiger charge is 2.17. The average molecular weight is 448 g/mol. The second-order valence-electron chi connectivity index (χ2n) is 6.71. The molecule has 1 aliphatic carbocycles. The van der Waals surface area contributed by atoms with Crippen molar-refractivity contribution in [1.82, 2.24) is 29.1 Å². The van der Waals surface area contributed by atoms with Gasteiger partial charge in [-0.1, -0.05) is 41.3 Å². The zero-order valence-electron chi connectivity index (χ0n) is 15.7. The molecule has 31 heavy (non-hydrogen) atoms. The van der Waals surface area contributed by atoms with E-state index < -0.39 is 5.92 Å². The number of H-pyrrole nitrogens is 1. The van der Waals surface area contributed by atoms with Crippen molar-refractivity contribution in [3.8, 4) is 23.9 Å². The van der Waals surface area contributed by atoms with Gasteiger partial charge in [-0.15, -0.1) is 0 Å². The van der Waals surface area contributed by atoms with Crippen LogP contribution in [0.5, 0.6) is 0 Å². The summed E-state index contributed by atoms with van der Waals surface area (Å²) in [7, 11) is 0. The van der Waals surface area contributed by atoms with Gasteiger partial charge in [0.25, 0.3) is 0 Å². The molecule has 1 aromatic carbocycles. The van der Waals surface area contributed by atoms with Crippen molar-refractivity contribution in [2.45, 2.75) is 6.54 Å². The monoisotopic (exact) mass is 447 g/mol. The molecule has 0 fully saturated rings. The Morgan fingerprint density at radius 2 is 2.06 bits per heavy atom. The number of allylic oxidation sites excluding steroid dienone is 1. The molecule has 4 aromatic rings. The zero-order chi connectivity index (χ0) is 21.5. The summed E-state index contributed by atoms with van der Waals surface area (Å²) in [5, 5.41) is 10.0. The van der Waals surface area contributed by atoms with Gasteiger partial charge in [-0.05, 0) is 24.1 Å². The third-order valence-electron chi connectivity index (χ3n) is 4.83. The summed E-state index contributed by atoms with van der Waals surface area (Å²) < 4.78 is 3.11. The number of aromatic nitrogens is 6. The van der Waals surface area contributed by atoms with E-state index in [9.17, 15) is 4.79 Å². The molecule has 0 spiro atoms. The fourth-order valence-electron chi connectivity index (χ4n) is 3.27. The summed E-state index contributed by atoms with van der Waals surface area (Å²) in [6.07, 6.45) is 6.53. The number of hydrogen-bond acceptors (Lipinski definition) is 5. The van der Waals surface area contributed by atoms with E-state index in [0.29, 0.717) is 44.1 Å². The lowest BCUT2D eigenvalue weighted by Crippen LogP contribution is -2.18. The Morgan fingerprint density at radius 3 is 2.84 bits per heavy atom. The number of aromatic amines is 1. The fourth-order valence-corrected chi connectivity index (χ4v) is 3.79. The first kappa shape index (κ1) is 19.1. The Balaban J connectivity index is 1.63. The van der Waals surface area contributed by atoms with Crippen molar-refractivity contribution in [1.29, 1.82) is 5.26 Å². The number of nitrogens with zero attached hydrogens (tertiary/aromatic N) is 6. The van der Waals surface area contributed by atoms with Crippen LogP contribution < -0.4 is 5.69 Å². The number of nitriles is 1. The molecule has 0 radical (unpaired) electrons. The van der Waals surface area contributed by atoms with Crippen LogP contribution in [0.1, 0.15) is 17.0 Å². The van der Waals surface area contributed by atoms with Crippen LogP contribution in [0.4, 0.5) is 0 Å². The lowest BCUT2D eigenvalue weighted by atomic mass is 10.2. The van der Waals surface area contributed by atoms with Crippen LogP contribution in [0.15, 0.2) is 41.6 Å². The first-order valence-corrected chi connectivity index (χ1v) is 9.86. The molecule has 0 saturated carbocycles. The Labute approximate surface area is 185 Å². The lowest BCUT2D eigenvalue weighted by Gasteiger charge is -2.08. The molecule has 5 rings (SSSR count). The predicted molar refractivity (Wildman–Crippen MR) is 116 cm³/mol. The largest absolute Gasteiger partial charge is 0.328 e. The Morgan fingerprint density at radius 1 is 1.26 bits per heavy atom. The molecule has 0 amide bonds. The number of nitrogens with one attached hydrogen (secondary N) is 1. The van der Waals surface area contributed by atoms with E-state index >= 15 is 0 Å². The van der Waals surface area contributed by atoms with Crippen LogP contribution in [0, 0.1) is 29.1 Å². The van der Waals surface area contributed by atoms with Crippen LogP contribution in [-0.2, 0) is 6.54 Å². The molecule has 10 heteroatoms. The van der Waals surface area contributed by atoms with Crippen LogP contribution >= 0.6 is 23.2 Å². The third-order valence-corrected chi connectivity index (χ3v) is 5.54. The van der Waals surface area contributed by atoms with Gasteiger partial charge in [0.15, 0.2) is 5.65 Å². The summed E-state index contributed by atoms with van der Waals surface area (Å²) in [5.41, 5.74) is 2.31. The molecule has 1 N–H and O–H groups in total. The van der Waals surface area contributed by atoms with Gasteiger partial charge in [0.1, 0.15) is 23.5 Å². The molecule has 0 bridgehead atoms. The van der Waals surface area contributed by atoms with Crippen molar-refractivity contribution in [3.05, 3.63) is 74.3 Å². The van der Waals surface area contributed by atoms with Gasteiger partial charge in [-0.25, -0.2) is 14.8 Å². The number of benzene rings is 1. The Bertz CT molecular complexity index is 1520. The molecular formula is C21H11Cl2N7O. The summed E-state index contributed by atoms with van der Waals surface area (Å²) in [6, 6.07) is 7.27. The van der Waals surface area contributed by atoms with Crippen molar-refractivity contribution in [3.63, 3.8) is 0 Å². The lowest BCUT2D eigenvalue weighted by molar-refractivity contribution is 0.774. The maximum absolute atomic E-state index is 12.6. The first-order valence-electron chi connectivity index (χ1n) is 9.10. The molecule has 1 unspecified atom stereocenters. The van der Waals surface area contributed by atoms with Crippen molar-refractivity contribution in [2.75, 3.05) is 0 Å². The Kier molecular flexibility index (Phi) is 4.59. The van der Waals surface area contributed by atoms with E-state index in [1.165, 1.54) is 10.8 Å². The van der Waals surface area contributed by atoms with Crippen molar-refractivity contribution in [2.24, 2.45) is 5.92 Å². The second-order valence-corrected chi connectivity index (χ2v) is 7.52. The molecule has 1 atom stereocenters. The topological polar surface area (TPSA) is 105 Å². The van der Waals surface area contributed by atoms with Crippen LogP contribution in [0.25, 0.3) is 23.2 Å². The molecule has 3 heterocycles. The summed E-state index contributed by atoms with van der Waals surface area (Å²) in [5.74, 6) is 5.54. The van der Waals surface area contributed by atoms with Crippen molar-refractivity contribution >= 4 is 40.4 Å². The summed E-state index contributed by atoms with van der Waals surface area (Å²) in [4.78, 5) is 28.6. The highest BCUT2D eigenvalue weighted by Crippen LogP contribution is 2.26. The standard InChI is InChI=1S/C21H11Cl2N7O/c22-14-2-1-3-15(23)13(14)10-29-19-17(27-21(29)31)9-25-20(28-19)30-11-26-16-6-4-12(8-24)5-7-18(16)30/h1-3,5,7,9,11-12H,10H2,(H,27,31). The normalized spacial score (nSPS) is 14.5. The van der Waals surface area contributed by atoms with E-state index in [1.54, 1.807) is 41.2 Å². The smallest absolute Gasteiger partial charge is 0.303 e. The van der Waals surface area contributed by atoms with Crippen molar-refractivity contribution < 1.29 is 0 Å². The van der Waals surface area contributed by atoms with Crippen LogP contribution in [-0.4, -0.2) is 29.1 Å². The quantitative estimate of drug-likeness (QED) is 0.485. The molecule has 8 nitrogen and oxygen atoms in total. The number of imidazole rings is 2. The van der Waals surface area contributed by atoms with E-state index in [1.807, 2.05) is 0 Å². The number of rotatable bonds is 3. The number of fused-ring (bicyclic) bond motifs is 2. The van der Waals surface area contributed by atoms with E-state index in [2.05, 4.69) is 37.8 Å².